The van der Waals surface area contributed by atoms with Gasteiger partial charge in [-0.3, -0.25) is 19.4 Å². The van der Waals surface area contributed by atoms with Crippen LogP contribution in [-0.2, 0) is 20.9 Å². The fourth-order valence-electron chi connectivity index (χ4n) is 4.40. The lowest BCUT2D eigenvalue weighted by Crippen LogP contribution is -2.44. The fourth-order valence-corrected chi connectivity index (χ4v) is 4.40. The number of imide groups is 1. The van der Waals surface area contributed by atoms with Crippen LogP contribution in [0.4, 0.5) is 10.5 Å². The van der Waals surface area contributed by atoms with Crippen molar-refractivity contribution in [2.24, 2.45) is 0 Å². The van der Waals surface area contributed by atoms with Crippen LogP contribution in [0.1, 0.15) is 37.7 Å². The average molecular weight is 400 g/mol. The molecule has 0 unspecified atom stereocenters. The zero-order valence-corrected chi connectivity index (χ0v) is 16.6. The number of nitrogens with one attached hydrogen (secondary N) is 2. The number of nitrogens with zero attached hydrogens (tertiary/aromatic N) is 2. The summed E-state index contributed by atoms with van der Waals surface area (Å²) in [7, 11) is 0. The van der Waals surface area contributed by atoms with Gasteiger partial charge in [-0.2, -0.15) is 0 Å². The molecule has 0 aromatic heterocycles. The summed E-state index contributed by atoms with van der Waals surface area (Å²) in [5.74, 6) is -0.387. The van der Waals surface area contributed by atoms with E-state index in [1.165, 1.54) is 4.90 Å². The number of amides is 4. The maximum Gasteiger partial charge on any atom is 0.325 e. The van der Waals surface area contributed by atoms with E-state index in [1.807, 2.05) is 24.3 Å². The first-order valence-corrected chi connectivity index (χ1v) is 10.4. The highest BCUT2D eigenvalue weighted by Crippen LogP contribution is 2.35. The average Bonchev–Trinajstić information content (AvgIpc) is 3.27. The van der Waals surface area contributed by atoms with Gasteiger partial charge in [-0.25, -0.2) is 4.79 Å². The monoisotopic (exact) mass is 400 g/mol. The number of carbonyl (C=O) groups is 3. The molecule has 8 heteroatoms. The Bertz CT molecular complexity index is 785. The molecule has 2 N–H and O–H groups in total. The Hall–Kier alpha value is -2.45. The molecule has 1 aromatic rings. The van der Waals surface area contributed by atoms with Crippen LogP contribution < -0.4 is 10.6 Å². The number of ether oxygens (including phenoxy) is 1. The van der Waals surface area contributed by atoms with Crippen LogP contribution in [0.2, 0.25) is 0 Å². The van der Waals surface area contributed by atoms with Gasteiger partial charge in [0, 0.05) is 38.3 Å². The number of rotatable bonds is 6. The summed E-state index contributed by atoms with van der Waals surface area (Å²) in [5.41, 5.74) is 1.13. The summed E-state index contributed by atoms with van der Waals surface area (Å²) in [6.45, 7) is 4.23. The Morgan fingerprint density at radius 2 is 1.93 bits per heavy atom. The lowest BCUT2D eigenvalue weighted by molar-refractivity contribution is -0.131. The largest absolute Gasteiger partial charge is 0.379 e. The first-order chi connectivity index (χ1) is 14.1. The summed E-state index contributed by atoms with van der Waals surface area (Å²) >= 11 is 0. The molecule has 2 aliphatic heterocycles. The van der Waals surface area contributed by atoms with Crippen LogP contribution in [-0.4, -0.2) is 66.0 Å². The Kier molecular flexibility index (Phi) is 5.82. The number of morpholine rings is 1. The second kappa shape index (κ2) is 8.51. The molecule has 2 saturated heterocycles. The van der Waals surface area contributed by atoms with E-state index in [-0.39, 0.29) is 30.8 Å². The van der Waals surface area contributed by atoms with Crippen LogP contribution in [0.5, 0.6) is 0 Å². The second-order valence-corrected chi connectivity index (χ2v) is 8.06. The van der Waals surface area contributed by atoms with E-state index in [1.54, 1.807) is 0 Å². The molecule has 1 spiro atoms. The van der Waals surface area contributed by atoms with Crippen molar-refractivity contribution in [2.45, 2.75) is 44.2 Å². The maximum atomic E-state index is 12.6. The van der Waals surface area contributed by atoms with Crippen molar-refractivity contribution in [3.8, 4) is 0 Å². The lowest BCUT2D eigenvalue weighted by atomic mass is 9.98. The predicted molar refractivity (Wildman–Crippen MR) is 107 cm³/mol. The molecule has 1 aromatic carbocycles. The molecule has 8 nitrogen and oxygen atoms in total. The van der Waals surface area contributed by atoms with Crippen LogP contribution >= 0.6 is 0 Å². The number of anilines is 1. The zero-order chi connectivity index (χ0) is 20.3. The van der Waals surface area contributed by atoms with Gasteiger partial charge >= 0.3 is 6.03 Å². The van der Waals surface area contributed by atoms with Gasteiger partial charge in [-0.1, -0.05) is 25.0 Å². The molecule has 0 bridgehead atoms. The maximum absolute atomic E-state index is 12.6. The summed E-state index contributed by atoms with van der Waals surface area (Å²) in [5, 5.41) is 5.72. The molecule has 4 rings (SSSR count). The third-order valence-electron chi connectivity index (χ3n) is 5.99. The number of hydrogen-bond acceptors (Lipinski definition) is 5. The molecule has 2 heterocycles. The highest BCUT2D eigenvalue weighted by Gasteiger charge is 2.52. The minimum Gasteiger partial charge on any atom is -0.379 e. The number of urea groups is 1. The van der Waals surface area contributed by atoms with Crippen LogP contribution in [0.25, 0.3) is 0 Å². The first kappa shape index (κ1) is 19.8. The van der Waals surface area contributed by atoms with Crippen LogP contribution in [0.3, 0.4) is 0 Å². The Labute approximate surface area is 170 Å². The molecule has 0 radical (unpaired) electrons. The lowest BCUT2D eigenvalue weighted by Gasteiger charge is -2.26. The quantitative estimate of drug-likeness (QED) is 0.710. The summed E-state index contributed by atoms with van der Waals surface area (Å²) < 4.78 is 5.37. The van der Waals surface area contributed by atoms with Crippen molar-refractivity contribution in [3.05, 3.63) is 29.8 Å². The van der Waals surface area contributed by atoms with Gasteiger partial charge in [0.15, 0.2) is 0 Å². The summed E-state index contributed by atoms with van der Waals surface area (Å²) in [6, 6.07) is 7.40. The Balaban J connectivity index is 1.29. The number of carbonyl (C=O) groups excluding carboxylic acids is 3. The van der Waals surface area contributed by atoms with E-state index in [4.69, 9.17) is 4.74 Å². The Morgan fingerprint density at radius 1 is 1.17 bits per heavy atom. The second-order valence-electron chi connectivity index (χ2n) is 8.06. The van der Waals surface area contributed by atoms with Crippen molar-refractivity contribution in [1.82, 2.24) is 15.1 Å². The van der Waals surface area contributed by atoms with Crippen molar-refractivity contribution in [2.75, 3.05) is 38.2 Å². The van der Waals surface area contributed by atoms with Gasteiger partial charge in [0.25, 0.3) is 5.91 Å². The normalized spacial score (nSPS) is 21.6. The number of hydrogen-bond donors (Lipinski definition) is 2. The molecule has 1 aliphatic carbocycles. The first-order valence-electron chi connectivity index (χ1n) is 10.4. The highest BCUT2D eigenvalue weighted by atomic mass is 16.5. The highest BCUT2D eigenvalue weighted by molar-refractivity contribution is 6.07. The van der Waals surface area contributed by atoms with E-state index < -0.39 is 5.54 Å². The molecule has 4 amide bonds. The van der Waals surface area contributed by atoms with Gasteiger partial charge in [0.2, 0.25) is 5.91 Å². The van der Waals surface area contributed by atoms with E-state index >= 15 is 0 Å². The van der Waals surface area contributed by atoms with Gasteiger partial charge < -0.3 is 15.4 Å². The summed E-state index contributed by atoms with van der Waals surface area (Å²) in [4.78, 5) is 40.7. The van der Waals surface area contributed by atoms with Gasteiger partial charge in [-0.05, 0) is 30.5 Å². The van der Waals surface area contributed by atoms with E-state index in [0.717, 1.165) is 56.9 Å². The van der Waals surface area contributed by atoms with Gasteiger partial charge in [-0.15, -0.1) is 0 Å². The van der Waals surface area contributed by atoms with Crippen LogP contribution in [0.15, 0.2) is 24.3 Å². The fraction of sp³-hybridized carbons (Fsp3) is 0.571. The molecule has 3 fully saturated rings. The van der Waals surface area contributed by atoms with Crippen molar-refractivity contribution in [3.63, 3.8) is 0 Å². The molecular formula is C21H28N4O4. The van der Waals surface area contributed by atoms with Gasteiger partial charge in [0.05, 0.1) is 13.2 Å². The smallest absolute Gasteiger partial charge is 0.325 e. The Morgan fingerprint density at radius 3 is 2.69 bits per heavy atom. The van der Waals surface area contributed by atoms with E-state index in [0.29, 0.717) is 12.8 Å². The molecule has 156 valence electrons. The topological polar surface area (TPSA) is 91.0 Å². The van der Waals surface area contributed by atoms with E-state index in [9.17, 15) is 14.4 Å². The third kappa shape index (κ3) is 4.43. The molecule has 1 saturated carbocycles. The predicted octanol–water partition coefficient (Wildman–Crippen LogP) is 1.71. The molecule has 0 atom stereocenters. The number of benzene rings is 1. The van der Waals surface area contributed by atoms with Crippen LogP contribution in [0, 0.1) is 0 Å². The SMILES string of the molecule is O=C(CCN1C(=O)NC2(CCCC2)C1=O)Nc1cccc(CN2CCOCC2)c1. The van der Waals surface area contributed by atoms with E-state index in [2.05, 4.69) is 15.5 Å². The molecule has 3 aliphatic rings. The standard InChI is InChI=1S/C21H28N4O4/c26-18(6-9-25-19(27)21(23-20(25)28)7-1-2-8-21)22-17-5-3-4-16(14-17)15-24-10-12-29-13-11-24/h3-5,14H,1-2,6-13,15H2,(H,22,26)(H,23,28). The molecule has 29 heavy (non-hydrogen) atoms. The van der Waals surface area contributed by atoms with Crippen molar-refractivity contribution >= 4 is 23.5 Å². The van der Waals surface area contributed by atoms with Crippen molar-refractivity contribution < 1.29 is 19.1 Å². The minimum atomic E-state index is -0.721. The van der Waals surface area contributed by atoms with Crippen molar-refractivity contribution in [1.29, 1.82) is 0 Å². The zero-order valence-electron chi connectivity index (χ0n) is 16.6. The minimum absolute atomic E-state index is 0.0862. The van der Waals surface area contributed by atoms with Gasteiger partial charge in [0.1, 0.15) is 5.54 Å². The summed E-state index contributed by atoms with van der Waals surface area (Å²) in [6.07, 6.45) is 3.36. The molecular weight excluding hydrogens is 372 g/mol. The third-order valence-corrected chi connectivity index (χ3v) is 5.99.